The molecule has 0 amide bonds. The van der Waals surface area contributed by atoms with Gasteiger partial charge in [-0.15, -0.1) is 6.58 Å². The summed E-state index contributed by atoms with van der Waals surface area (Å²) >= 11 is 0. The maximum atomic E-state index is 9.03. The van der Waals surface area contributed by atoms with E-state index in [0.29, 0.717) is 33.0 Å². The third-order valence-electron chi connectivity index (χ3n) is 1.54. The summed E-state index contributed by atoms with van der Waals surface area (Å²) in [6.45, 7) is 5.88. The van der Waals surface area contributed by atoms with Gasteiger partial charge < -0.3 is 24.4 Å². The van der Waals surface area contributed by atoms with Crippen LogP contribution >= 0.6 is 0 Å². The third-order valence-corrected chi connectivity index (χ3v) is 1.54. The highest BCUT2D eigenvalue weighted by Crippen LogP contribution is 1.86. The standard InChI is InChI=1S/C10H20O5/c1-2-10(12)9-15-8-7-14-6-5-13-4-3-11/h2,10-12H,1,3-9H2. The fourth-order valence-corrected chi connectivity index (χ4v) is 0.776. The van der Waals surface area contributed by atoms with E-state index in [1.807, 2.05) is 0 Å². The maximum Gasteiger partial charge on any atom is 0.0951 e. The largest absolute Gasteiger partial charge is 0.394 e. The summed E-state index contributed by atoms with van der Waals surface area (Å²) in [6.07, 6.45) is 0.807. The number of hydrogen-bond donors (Lipinski definition) is 2. The van der Waals surface area contributed by atoms with Crippen LogP contribution in [0.15, 0.2) is 12.7 Å². The summed E-state index contributed by atoms with van der Waals surface area (Å²) in [7, 11) is 0. The molecule has 0 spiro atoms. The monoisotopic (exact) mass is 220 g/mol. The lowest BCUT2D eigenvalue weighted by Crippen LogP contribution is -2.15. The molecule has 5 heteroatoms. The Kier molecular flexibility index (Phi) is 11.3. The van der Waals surface area contributed by atoms with Crippen molar-refractivity contribution in [1.29, 1.82) is 0 Å². The van der Waals surface area contributed by atoms with E-state index in [0.717, 1.165) is 0 Å². The number of aliphatic hydroxyl groups excluding tert-OH is 2. The Morgan fingerprint density at radius 1 is 1.00 bits per heavy atom. The van der Waals surface area contributed by atoms with Crippen LogP contribution in [0.5, 0.6) is 0 Å². The Morgan fingerprint density at radius 2 is 1.53 bits per heavy atom. The zero-order valence-corrected chi connectivity index (χ0v) is 8.93. The van der Waals surface area contributed by atoms with Crippen LogP contribution < -0.4 is 0 Å². The van der Waals surface area contributed by atoms with Gasteiger partial charge in [-0.25, -0.2) is 0 Å². The molecule has 0 saturated carbocycles. The third kappa shape index (κ3) is 11.5. The smallest absolute Gasteiger partial charge is 0.0951 e. The van der Waals surface area contributed by atoms with Crippen LogP contribution in [0.1, 0.15) is 0 Å². The minimum atomic E-state index is -0.613. The van der Waals surface area contributed by atoms with Crippen LogP contribution in [0.3, 0.4) is 0 Å². The molecule has 1 unspecified atom stereocenters. The maximum absolute atomic E-state index is 9.03. The zero-order chi connectivity index (χ0) is 11.4. The average molecular weight is 220 g/mol. The molecule has 0 radical (unpaired) electrons. The Bertz CT molecular complexity index is 140. The predicted molar refractivity (Wildman–Crippen MR) is 55.7 cm³/mol. The molecule has 0 aromatic heterocycles. The molecule has 0 aromatic carbocycles. The van der Waals surface area contributed by atoms with Crippen molar-refractivity contribution in [3.63, 3.8) is 0 Å². The molecule has 0 bridgehead atoms. The Labute approximate surface area is 90.3 Å². The van der Waals surface area contributed by atoms with Crippen molar-refractivity contribution in [2.45, 2.75) is 6.10 Å². The summed E-state index contributed by atoms with van der Waals surface area (Å²) in [4.78, 5) is 0. The van der Waals surface area contributed by atoms with Crippen LogP contribution in [0, 0.1) is 0 Å². The normalized spacial score (nSPS) is 12.7. The van der Waals surface area contributed by atoms with Crippen LogP contribution in [0.2, 0.25) is 0 Å². The first-order chi connectivity index (χ1) is 7.31. The van der Waals surface area contributed by atoms with Crippen molar-refractivity contribution < 1.29 is 24.4 Å². The topological polar surface area (TPSA) is 68.2 Å². The second-order valence-corrected chi connectivity index (χ2v) is 2.83. The highest BCUT2D eigenvalue weighted by Gasteiger charge is 1.96. The second kappa shape index (κ2) is 11.6. The minimum absolute atomic E-state index is 0.0303. The van der Waals surface area contributed by atoms with Gasteiger partial charge in [0.15, 0.2) is 0 Å². The van der Waals surface area contributed by atoms with Gasteiger partial charge >= 0.3 is 0 Å². The molecule has 0 aliphatic carbocycles. The van der Waals surface area contributed by atoms with Crippen LogP contribution in [-0.4, -0.2) is 62.6 Å². The van der Waals surface area contributed by atoms with Crippen LogP contribution in [-0.2, 0) is 14.2 Å². The average Bonchev–Trinajstić information content (AvgIpc) is 2.26. The number of rotatable bonds is 11. The minimum Gasteiger partial charge on any atom is -0.394 e. The lowest BCUT2D eigenvalue weighted by atomic mass is 10.4. The molecule has 0 aliphatic rings. The van der Waals surface area contributed by atoms with Crippen LogP contribution in [0.4, 0.5) is 0 Å². The molecule has 90 valence electrons. The predicted octanol–water partition coefficient (Wildman–Crippen LogP) is -0.425. The van der Waals surface area contributed by atoms with E-state index in [1.54, 1.807) is 0 Å². The van der Waals surface area contributed by atoms with Crippen LogP contribution in [0.25, 0.3) is 0 Å². The quantitative estimate of drug-likeness (QED) is 0.365. The summed E-state index contributed by atoms with van der Waals surface area (Å²) in [5, 5.41) is 17.4. The van der Waals surface area contributed by atoms with Crippen molar-refractivity contribution in [1.82, 2.24) is 0 Å². The summed E-state index contributed by atoms with van der Waals surface area (Å²) in [5.41, 5.74) is 0. The van der Waals surface area contributed by atoms with Gasteiger partial charge in [0.2, 0.25) is 0 Å². The van der Waals surface area contributed by atoms with E-state index in [2.05, 4.69) is 6.58 Å². The SMILES string of the molecule is C=CC(O)COCCOCCOCCO. The van der Waals surface area contributed by atoms with Crippen molar-refractivity contribution in [3.05, 3.63) is 12.7 Å². The molecular formula is C10H20O5. The highest BCUT2D eigenvalue weighted by molar-refractivity contribution is 4.76. The first-order valence-corrected chi connectivity index (χ1v) is 4.96. The number of hydrogen-bond acceptors (Lipinski definition) is 5. The zero-order valence-electron chi connectivity index (χ0n) is 8.93. The van der Waals surface area contributed by atoms with E-state index in [9.17, 15) is 0 Å². The first kappa shape index (κ1) is 14.5. The van der Waals surface area contributed by atoms with Gasteiger partial charge in [-0.2, -0.15) is 0 Å². The van der Waals surface area contributed by atoms with Gasteiger partial charge in [-0.05, 0) is 0 Å². The van der Waals surface area contributed by atoms with Crippen molar-refractivity contribution >= 4 is 0 Å². The van der Waals surface area contributed by atoms with E-state index in [1.165, 1.54) is 6.08 Å². The van der Waals surface area contributed by atoms with E-state index in [-0.39, 0.29) is 13.2 Å². The lowest BCUT2D eigenvalue weighted by molar-refractivity contribution is -0.00516. The molecule has 0 heterocycles. The molecule has 0 saturated heterocycles. The molecule has 1 atom stereocenters. The van der Waals surface area contributed by atoms with Gasteiger partial charge in [0.1, 0.15) is 0 Å². The number of aliphatic hydroxyl groups is 2. The molecule has 5 nitrogen and oxygen atoms in total. The molecule has 2 N–H and O–H groups in total. The lowest BCUT2D eigenvalue weighted by Gasteiger charge is -2.07. The van der Waals surface area contributed by atoms with Crippen molar-refractivity contribution in [2.24, 2.45) is 0 Å². The Hall–Kier alpha value is -0.460. The molecule has 15 heavy (non-hydrogen) atoms. The van der Waals surface area contributed by atoms with Gasteiger partial charge in [0.05, 0.1) is 52.4 Å². The van der Waals surface area contributed by atoms with Crippen molar-refractivity contribution in [2.75, 3.05) is 46.2 Å². The Balaban J connectivity index is 2.95. The summed E-state index contributed by atoms with van der Waals surface area (Å²) in [6, 6.07) is 0. The molecule has 0 aromatic rings. The van der Waals surface area contributed by atoms with Crippen molar-refractivity contribution in [3.8, 4) is 0 Å². The van der Waals surface area contributed by atoms with Gasteiger partial charge in [0, 0.05) is 0 Å². The summed E-state index contributed by atoms with van der Waals surface area (Å²) < 4.78 is 15.2. The summed E-state index contributed by atoms with van der Waals surface area (Å²) in [5.74, 6) is 0. The van der Waals surface area contributed by atoms with Gasteiger partial charge in [-0.1, -0.05) is 6.08 Å². The first-order valence-electron chi connectivity index (χ1n) is 4.96. The fourth-order valence-electron chi connectivity index (χ4n) is 0.776. The second-order valence-electron chi connectivity index (χ2n) is 2.83. The molecule has 0 aliphatic heterocycles. The van der Waals surface area contributed by atoms with Gasteiger partial charge in [-0.3, -0.25) is 0 Å². The molecule has 0 fully saturated rings. The van der Waals surface area contributed by atoms with Gasteiger partial charge in [0.25, 0.3) is 0 Å². The van der Waals surface area contributed by atoms with E-state index < -0.39 is 6.10 Å². The molecule has 0 rings (SSSR count). The highest BCUT2D eigenvalue weighted by atomic mass is 16.5. The van der Waals surface area contributed by atoms with E-state index >= 15 is 0 Å². The van der Waals surface area contributed by atoms with E-state index in [4.69, 9.17) is 24.4 Å². The fraction of sp³-hybridized carbons (Fsp3) is 0.800. The Morgan fingerprint density at radius 3 is 2.07 bits per heavy atom. The molecular weight excluding hydrogens is 200 g/mol. The number of ether oxygens (including phenoxy) is 3.